The molecule has 0 fully saturated rings. The Morgan fingerprint density at radius 2 is 2.12 bits per heavy atom. The zero-order valence-corrected chi connectivity index (χ0v) is 11.0. The van der Waals surface area contributed by atoms with Crippen LogP contribution in [0.1, 0.15) is 17.4 Å². The molecule has 0 aliphatic carbocycles. The molecule has 0 amide bonds. The number of rotatable bonds is 3. The number of halogens is 2. The number of nitrogens with one attached hydrogen (secondary N) is 1. The molecular formula is C11H12Cl2N4. The van der Waals surface area contributed by atoms with Crippen LogP contribution in [0.15, 0.2) is 24.5 Å². The summed E-state index contributed by atoms with van der Waals surface area (Å²) in [6.07, 6.45) is 3.31. The Morgan fingerprint density at radius 3 is 2.65 bits per heavy atom. The van der Waals surface area contributed by atoms with Crippen LogP contribution in [0.4, 0.5) is 0 Å². The fourth-order valence-corrected chi connectivity index (χ4v) is 2.26. The summed E-state index contributed by atoms with van der Waals surface area (Å²) < 4.78 is 1.72. The van der Waals surface area contributed by atoms with E-state index in [2.05, 4.69) is 15.4 Å². The lowest BCUT2D eigenvalue weighted by Gasteiger charge is -2.17. The average molecular weight is 271 g/mol. The summed E-state index contributed by atoms with van der Waals surface area (Å²) in [5, 5.41) is 8.46. The molecule has 2 heterocycles. The van der Waals surface area contributed by atoms with E-state index in [1.165, 1.54) is 0 Å². The maximum Gasteiger partial charge on any atom is 0.0949 e. The molecule has 1 unspecified atom stereocenters. The van der Waals surface area contributed by atoms with Crippen molar-refractivity contribution in [3.63, 3.8) is 0 Å². The standard InChI is InChI=1S/C11H12Cl2N4/c1-14-10(9-7(12)4-3-5-15-9)11-8(13)6-16-17(11)2/h3-6,10,14H,1-2H3. The molecule has 4 nitrogen and oxygen atoms in total. The predicted molar refractivity (Wildman–Crippen MR) is 68.4 cm³/mol. The lowest BCUT2D eigenvalue weighted by molar-refractivity contribution is 0.595. The van der Waals surface area contributed by atoms with Crippen LogP contribution in [-0.2, 0) is 7.05 Å². The highest BCUT2D eigenvalue weighted by Gasteiger charge is 2.22. The van der Waals surface area contributed by atoms with Crippen LogP contribution in [0, 0.1) is 0 Å². The molecule has 0 saturated carbocycles. The Labute approximate surface area is 110 Å². The molecule has 0 aromatic carbocycles. The van der Waals surface area contributed by atoms with E-state index in [1.807, 2.05) is 14.1 Å². The predicted octanol–water partition coefficient (Wildman–Crippen LogP) is 2.43. The molecule has 17 heavy (non-hydrogen) atoms. The van der Waals surface area contributed by atoms with Crippen molar-refractivity contribution in [2.24, 2.45) is 7.05 Å². The average Bonchev–Trinajstić information content (AvgIpc) is 2.64. The third-order valence-electron chi connectivity index (χ3n) is 2.56. The summed E-state index contributed by atoms with van der Waals surface area (Å²) in [5.41, 5.74) is 1.58. The number of hydrogen-bond acceptors (Lipinski definition) is 3. The van der Waals surface area contributed by atoms with Gasteiger partial charge in [-0.1, -0.05) is 23.2 Å². The number of nitrogens with zero attached hydrogens (tertiary/aromatic N) is 3. The maximum absolute atomic E-state index is 6.14. The smallest absolute Gasteiger partial charge is 0.0949 e. The van der Waals surface area contributed by atoms with E-state index >= 15 is 0 Å². The third kappa shape index (κ3) is 2.29. The summed E-state index contributed by atoms with van der Waals surface area (Å²) in [4.78, 5) is 4.29. The second kappa shape index (κ2) is 5.04. The first-order valence-electron chi connectivity index (χ1n) is 5.10. The molecule has 2 aromatic rings. The van der Waals surface area contributed by atoms with Crippen molar-refractivity contribution in [3.05, 3.63) is 46.0 Å². The van der Waals surface area contributed by atoms with E-state index in [9.17, 15) is 0 Å². The number of pyridine rings is 1. The number of aromatic nitrogens is 3. The lowest BCUT2D eigenvalue weighted by Crippen LogP contribution is -2.22. The van der Waals surface area contributed by atoms with Crippen LogP contribution in [0.3, 0.4) is 0 Å². The van der Waals surface area contributed by atoms with Gasteiger partial charge in [0.05, 0.1) is 33.7 Å². The van der Waals surface area contributed by atoms with Gasteiger partial charge in [-0.3, -0.25) is 9.67 Å². The first-order chi connectivity index (χ1) is 8.15. The van der Waals surface area contributed by atoms with Gasteiger partial charge < -0.3 is 5.32 Å². The van der Waals surface area contributed by atoms with E-state index in [1.54, 1.807) is 29.2 Å². The quantitative estimate of drug-likeness (QED) is 0.932. The normalized spacial score (nSPS) is 12.7. The molecule has 0 saturated heterocycles. The van der Waals surface area contributed by atoms with Gasteiger partial charge in [0.25, 0.3) is 0 Å². The SMILES string of the molecule is CNC(c1ncccc1Cl)c1c(Cl)cnn1C. The van der Waals surface area contributed by atoms with Gasteiger partial charge in [0, 0.05) is 13.2 Å². The molecule has 0 aliphatic heterocycles. The van der Waals surface area contributed by atoms with Crippen LogP contribution in [-0.4, -0.2) is 21.8 Å². The summed E-state index contributed by atoms with van der Waals surface area (Å²) >= 11 is 12.3. The Kier molecular flexibility index (Phi) is 3.66. The van der Waals surface area contributed by atoms with Crippen molar-refractivity contribution >= 4 is 23.2 Å². The highest BCUT2D eigenvalue weighted by molar-refractivity contribution is 6.32. The fraction of sp³-hybridized carbons (Fsp3) is 0.273. The van der Waals surface area contributed by atoms with Crippen LogP contribution in [0.25, 0.3) is 0 Å². The molecule has 1 atom stereocenters. The summed E-state index contributed by atoms with van der Waals surface area (Å²) in [7, 11) is 3.67. The summed E-state index contributed by atoms with van der Waals surface area (Å²) in [6.45, 7) is 0. The fourth-order valence-electron chi connectivity index (χ4n) is 1.76. The van der Waals surface area contributed by atoms with Gasteiger partial charge in [0.2, 0.25) is 0 Å². The molecule has 90 valence electrons. The highest BCUT2D eigenvalue weighted by Crippen LogP contribution is 2.29. The second-order valence-electron chi connectivity index (χ2n) is 3.59. The van der Waals surface area contributed by atoms with Crippen molar-refractivity contribution in [2.75, 3.05) is 7.05 Å². The summed E-state index contributed by atoms with van der Waals surface area (Å²) in [6, 6.07) is 3.42. The molecule has 0 spiro atoms. The largest absolute Gasteiger partial charge is 0.307 e. The van der Waals surface area contributed by atoms with E-state index in [-0.39, 0.29) is 6.04 Å². The molecule has 0 bridgehead atoms. The van der Waals surface area contributed by atoms with Gasteiger partial charge in [-0.25, -0.2) is 0 Å². The molecule has 6 heteroatoms. The zero-order chi connectivity index (χ0) is 12.4. The van der Waals surface area contributed by atoms with E-state index in [0.717, 1.165) is 11.4 Å². The van der Waals surface area contributed by atoms with Crippen LogP contribution in [0.5, 0.6) is 0 Å². The molecule has 0 radical (unpaired) electrons. The van der Waals surface area contributed by atoms with Gasteiger partial charge in [-0.05, 0) is 19.2 Å². The van der Waals surface area contributed by atoms with E-state index in [4.69, 9.17) is 23.2 Å². The minimum Gasteiger partial charge on any atom is -0.307 e. The topological polar surface area (TPSA) is 42.7 Å². The first kappa shape index (κ1) is 12.4. The van der Waals surface area contributed by atoms with Crippen LogP contribution in [0.2, 0.25) is 10.0 Å². The molecule has 2 aromatic heterocycles. The Balaban J connectivity index is 2.52. The van der Waals surface area contributed by atoms with Crippen molar-refractivity contribution in [2.45, 2.75) is 6.04 Å². The van der Waals surface area contributed by atoms with Gasteiger partial charge in [0.15, 0.2) is 0 Å². The molecule has 0 aliphatic rings. The Bertz CT molecular complexity index is 504. The number of hydrogen-bond donors (Lipinski definition) is 1. The third-order valence-corrected chi connectivity index (χ3v) is 3.17. The van der Waals surface area contributed by atoms with Gasteiger partial charge in [-0.2, -0.15) is 5.10 Å². The monoisotopic (exact) mass is 270 g/mol. The zero-order valence-electron chi connectivity index (χ0n) is 9.48. The lowest BCUT2D eigenvalue weighted by atomic mass is 10.1. The van der Waals surface area contributed by atoms with Crippen molar-refractivity contribution < 1.29 is 0 Å². The van der Waals surface area contributed by atoms with Gasteiger partial charge in [0.1, 0.15) is 0 Å². The minimum atomic E-state index is -0.177. The second-order valence-corrected chi connectivity index (χ2v) is 4.41. The first-order valence-corrected chi connectivity index (χ1v) is 5.85. The minimum absolute atomic E-state index is 0.177. The maximum atomic E-state index is 6.14. The molecular weight excluding hydrogens is 259 g/mol. The Hall–Kier alpha value is -1.10. The van der Waals surface area contributed by atoms with Crippen molar-refractivity contribution in [1.29, 1.82) is 0 Å². The highest BCUT2D eigenvalue weighted by atomic mass is 35.5. The van der Waals surface area contributed by atoms with Crippen molar-refractivity contribution in [1.82, 2.24) is 20.1 Å². The molecule has 1 N–H and O–H groups in total. The van der Waals surface area contributed by atoms with Gasteiger partial charge in [-0.15, -0.1) is 0 Å². The summed E-state index contributed by atoms with van der Waals surface area (Å²) in [5.74, 6) is 0. The van der Waals surface area contributed by atoms with Crippen LogP contribution >= 0.6 is 23.2 Å². The Morgan fingerprint density at radius 1 is 1.35 bits per heavy atom. The van der Waals surface area contributed by atoms with Gasteiger partial charge >= 0.3 is 0 Å². The van der Waals surface area contributed by atoms with E-state index < -0.39 is 0 Å². The van der Waals surface area contributed by atoms with Crippen molar-refractivity contribution in [3.8, 4) is 0 Å². The van der Waals surface area contributed by atoms with Crippen LogP contribution < -0.4 is 5.32 Å². The van der Waals surface area contributed by atoms with E-state index in [0.29, 0.717) is 10.0 Å². The molecule has 2 rings (SSSR count). The number of aryl methyl sites for hydroxylation is 1.